The molecule has 0 spiro atoms. The Balaban J connectivity index is 0.928. The summed E-state index contributed by atoms with van der Waals surface area (Å²) in [5, 5.41) is 16.3. The second kappa shape index (κ2) is 34.3. The van der Waals surface area contributed by atoms with Crippen LogP contribution < -0.4 is 0 Å². The van der Waals surface area contributed by atoms with Gasteiger partial charge in [0, 0.05) is 41.5 Å². The molecule has 29 heteroatoms. The number of hydrogen-bond acceptors (Lipinski definition) is 27. The second-order valence-electron chi connectivity index (χ2n) is 16.7. The molecule has 2 aromatic heterocycles. The number of esters is 6. The van der Waals surface area contributed by atoms with Crippen molar-refractivity contribution in [2.24, 2.45) is 0 Å². The van der Waals surface area contributed by atoms with Crippen LogP contribution in [0.3, 0.4) is 0 Å². The smallest absolute Gasteiger partial charge is 0.303 e. The van der Waals surface area contributed by atoms with E-state index in [1.165, 1.54) is 41.5 Å². The van der Waals surface area contributed by atoms with Gasteiger partial charge in [-0.25, -0.2) is 9.36 Å². The Labute approximate surface area is 433 Å². The third-order valence-electron chi connectivity index (χ3n) is 10.4. The van der Waals surface area contributed by atoms with Crippen LogP contribution in [0.15, 0.2) is 12.4 Å². The summed E-state index contributed by atoms with van der Waals surface area (Å²) in [7, 11) is 0. The topological polar surface area (TPSA) is 321 Å². The van der Waals surface area contributed by atoms with E-state index in [0.29, 0.717) is 117 Å². The molecule has 2 saturated heterocycles. The molecule has 75 heavy (non-hydrogen) atoms. The molecule has 424 valence electrons. The van der Waals surface area contributed by atoms with Crippen LogP contribution >= 0.6 is 0 Å². The van der Waals surface area contributed by atoms with Gasteiger partial charge in [0.05, 0.1) is 143 Å². The van der Waals surface area contributed by atoms with Gasteiger partial charge in [-0.05, 0) is 13.8 Å². The van der Waals surface area contributed by atoms with Gasteiger partial charge in [-0.2, -0.15) is 0 Å². The van der Waals surface area contributed by atoms with Gasteiger partial charge in [0.15, 0.2) is 49.2 Å². The number of nitrogens with zero attached hydrogens (tertiary/aromatic N) is 6. The van der Waals surface area contributed by atoms with Gasteiger partial charge >= 0.3 is 35.8 Å². The average Bonchev–Trinajstić information content (AvgIpc) is 4.00. The molecule has 29 nitrogen and oxygen atoms in total. The summed E-state index contributed by atoms with van der Waals surface area (Å²) in [5.74, 6) is -3.94. The van der Waals surface area contributed by atoms with Crippen molar-refractivity contribution >= 4 is 35.8 Å². The molecular formula is C46H72N6O23. The summed E-state index contributed by atoms with van der Waals surface area (Å²) in [6, 6.07) is 0. The lowest BCUT2D eigenvalue weighted by molar-refractivity contribution is -0.303. The van der Waals surface area contributed by atoms with Crippen molar-refractivity contribution in [1.29, 1.82) is 0 Å². The fourth-order valence-electron chi connectivity index (χ4n) is 7.31. The Morgan fingerprint density at radius 3 is 0.933 bits per heavy atom. The first-order valence-electron chi connectivity index (χ1n) is 24.4. The number of carbonyl (C=O) groups excluding carboxylic acids is 6. The van der Waals surface area contributed by atoms with Crippen molar-refractivity contribution in [1.82, 2.24) is 30.0 Å². The van der Waals surface area contributed by atoms with E-state index in [-0.39, 0.29) is 13.2 Å². The highest BCUT2D eigenvalue weighted by atomic mass is 16.7. The number of aromatic nitrogens is 6. The van der Waals surface area contributed by atoms with Crippen LogP contribution in [-0.2, 0) is 136 Å². The monoisotopic (exact) mass is 1080 g/mol. The minimum Gasteiger partial charge on any atom is -0.456 e. The minimum absolute atomic E-state index is 0.0772. The summed E-state index contributed by atoms with van der Waals surface area (Å²) in [6.07, 6.45) is -7.39. The Hall–Kier alpha value is -5.34. The number of ether oxygens (including phenoxy) is 17. The highest BCUT2D eigenvalue weighted by Crippen LogP contribution is 2.31. The molecule has 2 aliphatic rings. The molecule has 0 aliphatic carbocycles. The van der Waals surface area contributed by atoms with Gasteiger partial charge in [-0.1, -0.05) is 10.4 Å². The summed E-state index contributed by atoms with van der Waals surface area (Å²) in [6.45, 7) is 16.4. The third kappa shape index (κ3) is 24.0. The summed E-state index contributed by atoms with van der Waals surface area (Å²) < 4.78 is 97.8. The fourth-order valence-corrected chi connectivity index (χ4v) is 7.31. The van der Waals surface area contributed by atoms with Crippen LogP contribution in [0.5, 0.6) is 0 Å². The van der Waals surface area contributed by atoms with E-state index in [0.717, 1.165) is 0 Å². The predicted molar refractivity (Wildman–Crippen MR) is 247 cm³/mol. The van der Waals surface area contributed by atoms with Crippen molar-refractivity contribution in [2.45, 2.75) is 143 Å². The Bertz CT molecular complexity index is 1890. The van der Waals surface area contributed by atoms with Crippen molar-refractivity contribution in [2.75, 3.05) is 92.5 Å². The minimum atomic E-state index is -1.22. The summed E-state index contributed by atoms with van der Waals surface area (Å²) in [5.41, 5.74) is 0.901. The molecule has 0 bridgehead atoms. The number of rotatable bonds is 36. The van der Waals surface area contributed by atoms with Gasteiger partial charge in [0.1, 0.15) is 11.4 Å². The van der Waals surface area contributed by atoms with Crippen molar-refractivity contribution < 1.29 is 109 Å². The van der Waals surface area contributed by atoms with E-state index in [4.69, 9.17) is 80.5 Å². The van der Waals surface area contributed by atoms with Crippen molar-refractivity contribution in [3.05, 3.63) is 23.8 Å². The van der Waals surface area contributed by atoms with Crippen LogP contribution in [0.25, 0.3) is 0 Å². The van der Waals surface area contributed by atoms with Gasteiger partial charge in [-0.15, -0.1) is 10.2 Å². The molecule has 0 aromatic carbocycles. The highest BCUT2D eigenvalue weighted by Gasteiger charge is 2.52. The standard InChI is InChI=1S/C46H72N6O23/c1-29-39(70-31(3)53)41(72-33(5)55)43(74-35(7)57)45(68-29)66-27-37-25-51(49-47-37)9-11-59-13-15-61-17-19-63-21-23-65-24-22-64-20-18-62-16-14-60-12-10-52-26-38(48-50-52)28-67-46-44(75-36(8)58)42(73-34(6)56)40(30(2)69-46)71-32(4)54/h25-26,29-30,39-46H,9-24,27-28H2,1-8H3/t29?,30?,39-,40-,41?,42?,43-,44?,45-,46-/m1/s1. The maximum atomic E-state index is 11.9. The van der Waals surface area contributed by atoms with E-state index in [2.05, 4.69) is 20.6 Å². The molecule has 4 rings (SSSR count). The Morgan fingerprint density at radius 1 is 0.400 bits per heavy atom. The average molecular weight is 1080 g/mol. The first-order chi connectivity index (χ1) is 36.0. The summed E-state index contributed by atoms with van der Waals surface area (Å²) >= 11 is 0. The summed E-state index contributed by atoms with van der Waals surface area (Å²) in [4.78, 5) is 71.1. The molecule has 2 aromatic rings. The molecular weight excluding hydrogens is 1000 g/mol. The molecule has 0 radical (unpaired) electrons. The van der Waals surface area contributed by atoms with Gasteiger partial charge < -0.3 is 80.5 Å². The molecule has 10 atom stereocenters. The lowest BCUT2D eigenvalue weighted by Crippen LogP contribution is -2.61. The largest absolute Gasteiger partial charge is 0.456 e. The van der Waals surface area contributed by atoms with Gasteiger partial charge in [-0.3, -0.25) is 28.8 Å². The molecule has 4 heterocycles. The zero-order valence-electron chi connectivity index (χ0n) is 43.7. The SMILES string of the molecule is CC(=O)OC1C(OC(C)=O)[C@H](OC(C)=O)C(C)O[C@H]1OCc1cn(CCOCCOCCOCCOCCOCCOCCOCCn2cc(CO[C@@H]3OC(C)[C@@H](OC(C)=O)C(OC(C)=O)[C@H]3OC(C)=O)nn2)nn1. The maximum absolute atomic E-state index is 11.9. The lowest BCUT2D eigenvalue weighted by atomic mass is 9.99. The highest BCUT2D eigenvalue weighted by molar-refractivity contribution is 5.69. The molecule has 0 saturated carbocycles. The van der Waals surface area contributed by atoms with Crippen LogP contribution in [-0.4, -0.2) is 220 Å². The quantitative estimate of drug-likeness (QED) is 0.0484. The number of carbonyl (C=O) groups is 6. The molecule has 5 unspecified atom stereocenters. The lowest BCUT2D eigenvalue weighted by Gasteiger charge is -2.43. The van der Waals surface area contributed by atoms with Crippen LogP contribution in [0, 0.1) is 0 Å². The fraction of sp³-hybridized carbons (Fsp3) is 0.783. The molecule has 2 aliphatic heterocycles. The molecule has 0 N–H and O–H groups in total. The van der Waals surface area contributed by atoms with E-state index in [1.54, 1.807) is 35.6 Å². The van der Waals surface area contributed by atoms with E-state index < -0.39 is 97.2 Å². The van der Waals surface area contributed by atoms with Crippen molar-refractivity contribution in [3.63, 3.8) is 0 Å². The predicted octanol–water partition coefficient (Wildman–Crippen LogP) is -0.201. The zero-order valence-corrected chi connectivity index (χ0v) is 43.7. The van der Waals surface area contributed by atoms with Crippen LogP contribution in [0.1, 0.15) is 66.8 Å². The zero-order chi connectivity index (χ0) is 54.5. The molecule has 0 amide bonds. The Kier molecular flexibility index (Phi) is 28.5. The van der Waals surface area contributed by atoms with Crippen molar-refractivity contribution in [3.8, 4) is 0 Å². The Morgan fingerprint density at radius 2 is 0.653 bits per heavy atom. The second-order valence-corrected chi connectivity index (χ2v) is 16.7. The molecule has 2 fully saturated rings. The first-order valence-corrected chi connectivity index (χ1v) is 24.4. The van der Waals surface area contributed by atoms with Gasteiger partial charge in [0.2, 0.25) is 0 Å². The third-order valence-corrected chi connectivity index (χ3v) is 10.4. The maximum Gasteiger partial charge on any atom is 0.303 e. The van der Waals surface area contributed by atoms with Gasteiger partial charge in [0.25, 0.3) is 0 Å². The first kappa shape index (κ1) is 62.2. The van der Waals surface area contributed by atoms with E-state index in [9.17, 15) is 28.8 Å². The normalized spacial score (nSPS) is 23.5. The van der Waals surface area contributed by atoms with E-state index in [1.807, 2.05) is 0 Å². The van der Waals surface area contributed by atoms with Crippen LogP contribution in [0.2, 0.25) is 0 Å². The van der Waals surface area contributed by atoms with E-state index >= 15 is 0 Å². The number of hydrogen-bond donors (Lipinski definition) is 0. The van der Waals surface area contributed by atoms with Crippen LogP contribution in [0.4, 0.5) is 0 Å².